The van der Waals surface area contributed by atoms with Crippen LogP contribution in [0.25, 0.3) is 6.08 Å². The molecule has 0 radical (unpaired) electrons. The molecule has 0 bridgehead atoms. The van der Waals surface area contributed by atoms with Crippen LogP contribution < -0.4 is 9.47 Å². The van der Waals surface area contributed by atoms with E-state index in [1.54, 1.807) is 25.1 Å². The summed E-state index contributed by atoms with van der Waals surface area (Å²) in [6.45, 7) is 2.94. The zero-order valence-electron chi connectivity index (χ0n) is 14.7. The fourth-order valence-electron chi connectivity index (χ4n) is 2.32. The van der Waals surface area contributed by atoms with Crippen LogP contribution in [0.4, 0.5) is 0 Å². The second-order valence-corrected chi connectivity index (χ2v) is 5.87. The molecular weight excluding hydrogens is 338 g/mol. The molecule has 0 unspecified atom stereocenters. The van der Waals surface area contributed by atoms with Gasteiger partial charge in [-0.25, -0.2) is 0 Å². The SMILES string of the molecule is CCOc1ccc(/C=C/C(=O)N(C)Cc2ccccc2Cl)cc1OC. The number of amides is 1. The van der Waals surface area contributed by atoms with Gasteiger partial charge in [0, 0.05) is 24.7 Å². The van der Waals surface area contributed by atoms with Gasteiger partial charge < -0.3 is 14.4 Å². The molecule has 0 heterocycles. The van der Waals surface area contributed by atoms with Crippen molar-refractivity contribution in [2.75, 3.05) is 20.8 Å². The Morgan fingerprint density at radius 1 is 1.20 bits per heavy atom. The fraction of sp³-hybridized carbons (Fsp3) is 0.250. The van der Waals surface area contributed by atoms with E-state index in [9.17, 15) is 4.79 Å². The van der Waals surface area contributed by atoms with Crippen LogP contribution in [-0.4, -0.2) is 31.6 Å². The van der Waals surface area contributed by atoms with Gasteiger partial charge in [-0.3, -0.25) is 4.79 Å². The van der Waals surface area contributed by atoms with E-state index in [1.807, 2.05) is 49.4 Å². The van der Waals surface area contributed by atoms with Gasteiger partial charge in [-0.15, -0.1) is 0 Å². The molecule has 0 atom stereocenters. The van der Waals surface area contributed by atoms with Crippen LogP contribution in [-0.2, 0) is 11.3 Å². The van der Waals surface area contributed by atoms with Crippen LogP contribution in [0.15, 0.2) is 48.5 Å². The molecule has 5 heteroatoms. The first-order valence-corrected chi connectivity index (χ1v) is 8.40. The van der Waals surface area contributed by atoms with Gasteiger partial charge in [0.15, 0.2) is 11.5 Å². The van der Waals surface area contributed by atoms with Gasteiger partial charge in [-0.1, -0.05) is 35.9 Å². The average molecular weight is 360 g/mol. The summed E-state index contributed by atoms with van der Waals surface area (Å²) >= 11 is 6.14. The summed E-state index contributed by atoms with van der Waals surface area (Å²) < 4.78 is 10.8. The summed E-state index contributed by atoms with van der Waals surface area (Å²) in [5, 5.41) is 0.655. The van der Waals surface area contributed by atoms with E-state index in [0.29, 0.717) is 29.7 Å². The minimum Gasteiger partial charge on any atom is -0.493 e. The van der Waals surface area contributed by atoms with Gasteiger partial charge in [-0.2, -0.15) is 0 Å². The summed E-state index contributed by atoms with van der Waals surface area (Å²) in [6.07, 6.45) is 3.29. The third kappa shape index (κ3) is 5.26. The third-order valence-corrected chi connectivity index (χ3v) is 4.02. The van der Waals surface area contributed by atoms with Crippen LogP contribution in [0, 0.1) is 0 Å². The molecule has 1 amide bonds. The number of rotatable bonds is 7. The van der Waals surface area contributed by atoms with Crippen molar-refractivity contribution in [3.63, 3.8) is 0 Å². The monoisotopic (exact) mass is 359 g/mol. The Balaban J connectivity index is 2.05. The third-order valence-electron chi connectivity index (χ3n) is 3.65. The van der Waals surface area contributed by atoms with E-state index in [0.717, 1.165) is 11.1 Å². The Labute approximate surface area is 153 Å². The van der Waals surface area contributed by atoms with Gasteiger partial charge in [0.05, 0.1) is 13.7 Å². The van der Waals surface area contributed by atoms with Crippen LogP contribution in [0.5, 0.6) is 11.5 Å². The smallest absolute Gasteiger partial charge is 0.246 e. The van der Waals surface area contributed by atoms with Crippen molar-refractivity contribution in [2.24, 2.45) is 0 Å². The van der Waals surface area contributed by atoms with Crippen molar-refractivity contribution in [1.82, 2.24) is 4.90 Å². The van der Waals surface area contributed by atoms with Crippen LogP contribution in [0.3, 0.4) is 0 Å². The molecule has 0 aliphatic carbocycles. The molecule has 0 aromatic heterocycles. The maximum Gasteiger partial charge on any atom is 0.246 e. The van der Waals surface area contributed by atoms with Crippen LogP contribution in [0.1, 0.15) is 18.1 Å². The summed E-state index contributed by atoms with van der Waals surface area (Å²) in [5.74, 6) is 1.22. The molecule has 0 saturated carbocycles. The number of likely N-dealkylation sites (N-methyl/N-ethyl adjacent to an activating group) is 1. The van der Waals surface area contributed by atoms with Crippen molar-refractivity contribution in [1.29, 1.82) is 0 Å². The van der Waals surface area contributed by atoms with Crippen molar-refractivity contribution < 1.29 is 14.3 Å². The highest BCUT2D eigenvalue weighted by molar-refractivity contribution is 6.31. The quantitative estimate of drug-likeness (QED) is 0.687. The van der Waals surface area contributed by atoms with E-state index in [4.69, 9.17) is 21.1 Å². The number of hydrogen-bond donors (Lipinski definition) is 0. The van der Waals surface area contributed by atoms with Crippen molar-refractivity contribution in [2.45, 2.75) is 13.5 Å². The van der Waals surface area contributed by atoms with Gasteiger partial charge in [-0.05, 0) is 42.3 Å². The summed E-state index contributed by atoms with van der Waals surface area (Å²) in [5.41, 5.74) is 1.77. The number of halogens is 1. The minimum absolute atomic E-state index is 0.104. The molecule has 0 aliphatic rings. The van der Waals surface area contributed by atoms with Crippen LogP contribution in [0.2, 0.25) is 5.02 Å². The van der Waals surface area contributed by atoms with Crippen molar-refractivity contribution >= 4 is 23.6 Å². The molecule has 2 aromatic carbocycles. The molecule has 2 rings (SSSR count). The van der Waals surface area contributed by atoms with Gasteiger partial charge >= 0.3 is 0 Å². The van der Waals surface area contributed by atoms with E-state index in [-0.39, 0.29) is 5.91 Å². The lowest BCUT2D eigenvalue weighted by atomic mass is 10.1. The first-order valence-electron chi connectivity index (χ1n) is 8.02. The number of carbonyl (C=O) groups is 1. The number of methoxy groups -OCH3 is 1. The van der Waals surface area contributed by atoms with E-state index in [1.165, 1.54) is 6.08 Å². The molecule has 0 fully saturated rings. The highest BCUT2D eigenvalue weighted by Crippen LogP contribution is 2.28. The summed E-state index contributed by atoms with van der Waals surface area (Å²) in [7, 11) is 3.34. The largest absolute Gasteiger partial charge is 0.493 e. The molecular formula is C20H22ClNO3. The van der Waals surface area contributed by atoms with Crippen molar-refractivity contribution in [3.05, 3.63) is 64.7 Å². The maximum atomic E-state index is 12.3. The Hall–Kier alpha value is -2.46. The Kier molecular flexibility index (Phi) is 6.90. The topological polar surface area (TPSA) is 38.8 Å². The number of hydrogen-bond acceptors (Lipinski definition) is 3. The minimum atomic E-state index is -0.104. The Morgan fingerprint density at radius 3 is 2.64 bits per heavy atom. The molecule has 0 spiro atoms. The lowest BCUT2D eigenvalue weighted by Gasteiger charge is -2.16. The summed E-state index contributed by atoms with van der Waals surface area (Å²) in [4.78, 5) is 13.9. The lowest BCUT2D eigenvalue weighted by molar-refractivity contribution is -0.125. The van der Waals surface area contributed by atoms with Gasteiger partial charge in [0.25, 0.3) is 0 Å². The molecule has 0 saturated heterocycles. The number of benzene rings is 2. The van der Waals surface area contributed by atoms with Gasteiger partial charge in [0.1, 0.15) is 0 Å². The molecule has 25 heavy (non-hydrogen) atoms. The molecule has 132 valence electrons. The second kappa shape index (κ2) is 9.14. The van der Waals surface area contributed by atoms with E-state index in [2.05, 4.69) is 0 Å². The normalized spacial score (nSPS) is 10.7. The maximum absolute atomic E-state index is 12.3. The van der Waals surface area contributed by atoms with Crippen molar-refractivity contribution in [3.8, 4) is 11.5 Å². The summed E-state index contributed by atoms with van der Waals surface area (Å²) in [6, 6.07) is 13.0. The first-order chi connectivity index (χ1) is 12.0. The average Bonchev–Trinajstić information content (AvgIpc) is 2.62. The predicted molar refractivity (Wildman–Crippen MR) is 101 cm³/mol. The lowest BCUT2D eigenvalue weighted by Crippen LogP contribution is -2.24. The number of ether oxygens (including phenoxy) is 2. The predicted octanol–water partition coefficient (Wildman–Crippen LogP) is 4.42. The van der Waals surface area contributed by atoms with E-state index >= 15 is 0 Å². The zero-order valence-corrected chi connectivity index (χ0v) is 15.4. The standard InChI is InChI=1S/C20H22ClNO3/c1-4-25-18-11-9-15(13-19(18)24-3)10-12-20(23)22(2)14-16-7-5-6-8-17(16)21/h5-13H,4,14H2,1-3H3/b12-10+. The Morgan fingerprint density at radius 2 is 1.96 bits per heavy atom. The number of carbonyl (C=O) groups excluding carboxylic acids is 1. The zero-order chi connectivity index (χ0) is 18.2. The highest BCUT2D eigenvalue weighted by Gasteiger charge is 2.09. The molecule has 0 N–H and O–H groups in total. The fourth-order valence-corrected chi connectivity index (χ4v) is 2.51. The molecule has 0 aliphatic heterocycles. The first kappa shape index (κ1) is 18.9. The number of nitrogens with zero attached hydrogens (tertiary/aromatic N) is 1. The van der Waals surface area contributed by atoms with Crippen LogP contribution >= 0.6 is 11.6 Å². The van der Waals surface area contributed by atoms with Gasteiger partial charge in [0.2, 0.25) is 5.91 Å². The molecule has 2 aromatic rings. The highest BCUT2D eigenvalue weighted by atomic mass is 35.5. The Bertz CT molecular complexity index is 758. The van der Waals surface area contributed by atoms with E-state index < -0.39 is 0 Å². The molecule has 4 nitrogen and oxygen atoms in total. The second-order valence-electron chi connectivity index (χ2n) is 5.46.